The molecule has 0 fully saturated rings. The molecule has 0 aliphatic rings. The van der Waals surface area contributed by atoms with E-state index in [-0.39, 0.29) is 11.9 Å². The average Bonchev–Trinajstić information content (AvgIpc) is 3.37. The van der Waals surface area contributed by atoms with Crippen molar-refractivity contribution in [1.29, 1.82) is 0 Å². The zero-order valence-electron chi connectivity index (χ0n) is 30.3. The molecule has 1 heterocycles. The SMILES string of the molecule is CCCCCCCCCCCCCCCC(=O)Oc1c(CC)oc(CC)c1OC(=O)CCCCCCCCCCCCCCC. The summed E-state index contributed by atoms with van der Waals surface area (Å²) < 4.78 is 17.5. The molecule has 5 nitrogen and oxygen atoms in total. The van der Waals surface area contributed by atoms with Gasteiger partial charge in [-0.25, -0.2) is 0 Å². The van der Waals surface area contributed by atoms with Gasteiger partial charge in [0.15, 0.2) is 11.5 Å². The van der Waals surface area contributed by atoms with Crippen LogP contribution < -0.4 is 9.47 Å². The number of carbonyl (C=O) groups is 2. The van der Waals surface area contributed by atoms with Crippen LogP contribution in [0, 0.1) is 0 Å². The van der Waals surface area contributed by atoms with Gasteiger partial charge in [-0.2, -0.15) is 0 Å². The number of aryl methyl sites for hydroxylation is 2. The minimum Gasteiger partial charge on any atom is -0.458 e. The monoisotopic (exact) mass is 633 g/mol. The molecule has 5 heteroatoms. The van der Waals surface area contributed by atoms with Crippen LogP contribution in [0.15, 0.2) is 4.42 Å². The molecule has 45 heavy (non-hydrogen) atoms. The average molecular weight is 633 g/mol. The smallest absolute Gasteiger partial charge is 0.311 e. The third-order valence-corrected chi connectivity index (χ3v) is 9.00. The van der Waals surface area contributed by atoms with Gasteiger partial charge in [-0.3, -0.25) is 9.59 Å². The van der Waals surface area contributed by atoms with Gasteiger partial charge >= 0.3 is 11.9 Å². The van der Waals surface area contributed by atoms with E-state index in [9.17, 15) is 9.59 Å². The molecular weight excluding hydrogens is 560 g/mol. The molecule has 1 aromatic heterocycles. The second-order valence-electron chi connectivity index (χ2n) is 13.2. The lowest BCUT2D eigenvalue weighted by Gasteiger charge is -2.09. The summed E-state index contributed by atoms with van der Waals surface area (Å²) in [6.45, 7) is 8.45. The van der Waals surface area contributed by atoms with Gasteiger partial charge < -0.3 is 13.9 Å². The van der Waals surface area contributed by atoms with E-state index in [0.717, 1.165) is 38.5 Å². The second kappa shape index (κ2) is 29.6. The van der Waals surface area contributed by atoms with Crippen molar-refractivity contribution in [3.05, 3.63) is 11.5 Å². The standard InChI is InChI=1S/C40H72O5/c1-5-9-11-13-15-17-19-21-23-25-27-29-31-33-37(41)44-39-35(7-3)43-36(8-4)40(39)45-38(42)34-32-30-28-26-24-22-20-18-16-14-12-10-6-2/h5-34H2,1-4H3. The Labute approximate surface area is 278 Å². The first kappa shape index (κ1) is 41.2. The molecule has 1 aromatic rings. The highest BCUT2D eigenvalue weighted by Crippen LogP contribution is 2.39. The maximum atomic E-state index is 12.7. The van der Waals surface area contributed by atoms with E-state index in [2.05, 4.69) is 13.8 Å². The van der Waals surface area contributed by atoms with E-state index in [4.69, 9.17) is 13.9 Å². The van der Waals surface area contributed by atoms with Crippen LogP contribution in [0.25, 0.3) is 0 Å². The van der Waals surface area contributed by atoms with E-state index in [1.165, 1.54) is 128 Å². The Bertz CT molecular complexity index is 775. The lowest BCUT2D eigenvalue weighted by molar-refractivity contribution is -0.137. The number of rotatable bonds is 32. The summed E-state index contributed by atoms with van der Waals surface area (Å²) in [7, 11) is 0. The molecule has 1 rings (SSSR count). The van der Waals surface area contributed by atoms with Crippen molar-refractivity contribution in [3.8, 4) is 11.5 Å². The van der Waals surface area contributed by atoms with Crippen molar-refractivity contribution in [2.75, 3.05) is 0 Å². The Morgan fingerprint density at radius 1 is 0.400 bits per heavy atom. The summed E-state index contributed by atoms with van der Waals surface area (Å²) >= 11 is 0. The van der Waals surface area contributed by atoms with Gasteiger partial charge in [0.05, 0.1) is 0 Å². The number of carbonyl (C=O) groups excluding carboxylic acids is 2. The molecule has 0 N–H and O–H groups in total. The summed E-state index contributed by atoms with van der Waals surface area (Å²) in [5.41, 5.74) is 0. The van der Waals surface area contributed by atoms with Crippen LogP contribution in [-0.4, -0.2) is 11.9 Å². The number of furan rings is 1. The third kappa shape index (κ3) is 21.6. The largest absolute Gasteiger partial charge is 0.458 e. The van der Waals surface area contributed by atoms with Crippen LogP contribution in [0.1, 0.15) is 219 Å². The first-order chi connectivity index (χ1) is 22.1. The molecule has 0 aromatic carbocycles. The van der Waals surface area contributed by atoms with E-state index >= 15 is 0 Å². The van der Waals surface area contributed by atoms with E-state index in [1.54, 1.807) is 0 Å². The zero-order chi connectivity index (χ0) is 32.8. The predicted octanol–water partition coefficient (Wildman–Crippen LogP) is 13.2. The molecule has 0 spiro atoms. The molecule has 0 atom stereocenters. The summed E-state index contributed by atoms with van der Waals surface area (Å²) in [6, 6.07) is 0. The van der Waals surface area contributed by atoms with Gasteiger partial charge in [-0.1, -0.05) is 182 Å². The molecule has 0 radical (unpaired) electrons. The van der Waals surface area contributed by atoms with E-state index in [1.807, 2.05) is 13.8 Å². The van der Waals surface area contributed by atoms with Gasteiger partial charge in [-0.15, -0.1) is 0 Å². The fourth-order valence-electron chi connectivity index (χ4n) is 6.07. The minimum atomic E-state index is -0.273. The van der Waals surface area contributed by atoms with E-state index < -0.39 is 0 Å². The molecule has 0 bridgehead atoms. The topological polar surface area (TPSA) is 65.7 Å². The molecule has 0 unspecified atom stereocenters. The van der Waals surface area contributed by atoms with Crippen LogP contribution in [0.5, 0.6) is 11.5 Å². The van der Waals surface area contributed by atoms with Crippen LogP contribution >= 0.6 is 0 Å². The van der Waals surface area contributed by atoms with E-state index in [0.29, 0.717) is 48.7 Å². The normalized spacial score (nSPS) is 11.3. The predicted molar refractivity (Wildman–Crippen MR) is 189 cm³/mol. The molecule has 0 aliphatic heterocycles. The Morgan fingerprint density at radius 3 is 0.889 bits per heavy atom. The van der Waals surface area contributed by atoms with Crippen molar-refractivity contribution in [3.63, 3.8) is 0 Å². The Morgan fingerprint density at radius 2 is 0.644 bits per heavy atom. The molecule has 0 aliphatic carbocycles. The fraction of sp³-hybridized carbons (Fsp3) is 0.850. The Hall–Kier alpha value is -1.78. The number of hydrogen-bond acceptors (Lipinski definition) is 5. The molecule has 0 saturated carbocycles. The van der Waals surface area contributed by atoms with Gasteiger partial charge in [-0.05, 0) is 12.8 Å². The summed E-state index contributed by atoms with van der Waals surface area (Å²) in [4.78, 5) is 25.4. The number of esters is 2. The fourth-order valence-corrected chi connectivity index (χ4v) is 6.07. The van der Waals surface area contributed by atoms with Crippen LogP contribution in [0.2, 0.25) is 0 Å². The van der Waals surface area contributed by atoms with Crippen molar-refractivity contribution in [1.82, 2.24) is 0 Å². The molecule has 262 valence electrons. The van der Waals surface area contributed by atoms with Crippen molar-refractivity contribution in [2.45, 2.75) is 220 Å². The summed E-state index contributed by atoms with van der Waals surface area (Å²) in [5.74, 6) is 1.24. The lowest BCUT2D eigenvalue weighted by Crippen LogP contribution is -2.12. The number of ether oxygens (including phenoxy) is 2. The Kier molecular flexibility index (Phi) is 27.1. The van der Waals surface area contributed by atoms with Crippen LogP contribution in [0.3, 0.4) is 0 Å². The number of hydrogen-bond donors (Lipinski definition) is 0. The van der Waals surface area contributed by atoms with Gasteiger partial charge in [0.25, 0.3) is 0 Å². The van der Waals surface area contributed by atoms with Gasteiger partial charge in [0, 0.05) is 25.7 Å². The molecule has 0 saturated heterocycles. The van der Waals surface area contributed by atoms with Gasteiger partial charge in [0.1, 0.15) is 0 Å². The zero-order valence-corrected chi connectivity index (χ0v) is 30.3. The quantitative estimate of drug-likeness (QED) is 0.0584. The first-order valence-corrected chi connectivity index (χ1v) is 19.6. The summed E-state index contributed by atoms with van der Waals surface area (Å²) in [5, 5.41) is 0. The highest BCUT2D eigenvalue weighted by atomic mass is 16.6. The highest BCUT2D eigenvalue weighted by Gasteiger charge is 2.25. The minimum absolute atomic E-state index is 0.273. The van der Waals surface area contributed by atoms with Crippen molar-refractivity contribution in [2.24, 2.45) is 0 Å². The maximum Gasteiger partial charge on any atom is 0.311 e. The maximum absolute atomic E-state index is 12.7. The first-order valence-electron chi connectivity index (χ1n) is 19.6. The second-order valence-corrected chi connectivity index (χ2v) is 13.2. The lowest BCUT2D eigenvalue weighted by atomic mass is 10.0. The molecular formula is C40H72O5. The summed E-state index contributed by atoms with van der Waals surface area (Å²) in [6.07, 6.45) is 34.9. The number of unbranched alkanes of at least 4 members (excludes halogenated alkanes) is 24. The third-order valence-electron chi connectivity index (χ3n) is 9.00. The van der Waals surface area contributed by atoms with Crippen LogP contribution in [0.4, 0.5) is 0 Å². The van der Waals surface area contributed by atoms with Gasteiger partial charge in [0.2, 0.25) is 11.5 Å². The van der Waals surface area contributed by atoms with Crippen LogP contribution in [-0.2, 0) is 22.4 Å². The van der Waals surface area contributed by atoms with Crippen molar-refractivity contribution >= 4 is 11.9 Å². The highest BCUT2D eigenvalue weighted by molar-refractivity contribution is 5.77. The Balaban J connectivity index is 2.25. The van der Waals surface area contributed by atoms with Crippen molar-refractivity contribution < 1.29 is 23.5 Å². The molecule has 0 amide bonds.